The average Bonchev–Trinajstić information content (AvgIpc) is 3.04. The van der Waals surface area contributed by atoms with Crippen LogP contribution in [0.1, 0.15) is 29.5 Å². The number of non-ortho nitro benzene ring substituents is 1. The van der Waals surface area contributed by atoms with E-state index >= 15 is 0 Å². The molecule has 0 saturated carbocycles. The molecule has 1 heterocycles. The summed E-state index contributed by atoms with van der Waals surface area (Å²) in [6, 6.07) is 9.86. The molecule has 1 aliphatic heterocycles. The van der Waals surface area contributed by atoms with Crippen LogP contribution in [0.2, 0.25) is 0 Å². The Morgan fingerprint density at radius 3 is 2.71 bits per heavy atom. The SMILES string of the molecule is O=[N+]([O-])c1ccc([C@@H]2Nc3c(F)cc(Br)cc3[C@H]3C=CC[C@@H]32)cc1. The van der Waals surface area contributed by atoms with Crippen molar-refractivity contribution in [2.24, 2.45) is 5.92 Å². The molecule has 2 aromatic rings. The maximum absolute atomic E-state index is 14.4. The first kappa shape index (κ1) is 15.3. The molecule has 0 saturated heterocycles. The van der Waals surface area contributed by atoms with Crippen molar-refractivity contribution >= 4 is 27.3 Å². The second kappa shape index (κ2) is 5.70. The van der Waals surface area contributed by atoms with Gasteiger partial charge in [0.05, 0.1) is 16.7 Å². The normalized spacial score (nSPS) is 24.2. The second-order valence-corrected chi connectivity index (χ2v) is 7.09. The van der Waals surface area contributed by atoms with Crippen LogP contribution in [0.5, 0.6) is 0 Å². The van der Waals surface area contributed by atoms with Crippen LogP contribution < -0.4 is 5.32 Å². The number of hydrogen-bond donors (Lipinski definition) is 1. The number of nitrogens with one attached hydrogen (secondary N) is 1. The van der Waals surface area contributed by atoms with Crippen LogP contribution in [0.3, 0.4) is 0 Å². The van der Waals surface area contributed by atoms with E-state index < -0.39 is 4.92 Å². The van der Waals surface area contributed by atoms with Gasteiger partial charge in [0.25, 0.3) is 5.69 Å². The Labute approximate surface area is 146 Å². The number of nitro groups is 1. The molecule has 0 aromatic heterocycles. The van der Waals surface area contributed by atoms with Crippen LogP contribution >= 0.6 is 15.9 Å². The van der Waals surface area contributed by atoms with Crippen molar-refractivity contribution in [3.63, 3.8) is 0 Å². The minimum atomic E-state index is -0.412. The number of halogens is 2. The number of rotatable bonds is 2. The summed E-state index contributed by atoms with van der Waals surface area (Å²) in [6.07, 6.45) is 5.16. The van der Waals surface area contributed by atoms with Gasteiger partial charge in [0.1, 0.15) is 5.82 Å². The quantitative estimate of drug-likeness (QED) is 0.430. The summed E-state index contributed by atoms with van der Waals surface area (Å²) in [5, 5.41) is 14.2. The van der Waals surface area contributed by atoms with Gasteiger partial charge >= 0.3 is 0 Å². The molecular weight excluding hydrogens is 375 g/mol. The van der Waals surface area contributed by atoms with E-state index in [0.29, 0.717) is 5.69 Å². The van der Waals surface area contributed by atoms with Crippen molar-refractivity contribution in [1.82, 2.24) is 0 Å². The summed E-state index contributed by atoms with van der Waals surface area (Å²) in [4.78, 5) is 10.4. The third kappa shape index (κ3) is 2.41. The monoisotopic (exact) mass is 388 g/mol. The molecule has 0 unspecified atom stereocenters. The Bertz CT molecular complexity index is 851. The molecule has 0 amide bonds. The molecule has 0 fully saturated rings. The second-order valence-electron chi connectivity index (χ2n) is 6.18. The molecular formula is C18H14BrFN2O2. The lowest BCUT2D eigenvalue weighted by atomic mass is 9.77. The summed E-state index contributed by atoms with van der Waals surface area (Å²) >= 11 is 3.36. The molecule has 122 valence electrons. The van der Waals surface area contributed by atoms with Gasteiger partial charge in [-0.1, -0.05) is 40.2 Å². The number of nitrogens with zero attached hydrogens (tertiary/aromatic N) is 1. The minimum absolute atomic E-state index is 0.0613. The van der Waals surface area contributed by atoms with Gasteiger partial charge in [-0.25, -0.2) is 4.39 Å². The predicted molar refractivity (Wildman–Crippen MR) is 93.5 cm³/mol. The number of nitro benzene ring substituents is 1. The molecule has 4 rings (SSSR count). The lowest BCUT2D eigenvalue weighted by molar-refractivity contribution is -0.384. The van der Waals surface area contributed by atoms with E-state index in [0.717, 1.165) is 22.0 Å². The van der Waals surface area contributed by atoms with E-state index in [2.05, 4.69) is 33.4 Å². The summed E-state index contributed by atoms with van der Waals surface area (Å²) in [6.45, 7) is 0. The Morgan fingerprint density at radius 2 is 2.00 bits per heavy atom. The fourth-order valence-corrected chi connectivity index (χ4v) is 4.20. The molecule has 4 nitrogen and oxygen atoms in total. The number of anilines is 1. The van der Waals surface area contributed by atoms with Crippen LogP contribution in [-0.2, 0) is 0 Å². The maximum Gasteiger partial charge on any atom is 0.269 e. The molecule has 1 N–H and O–H groups in total. The van der Waals surface area contributed by atoms with Crippen molar-refractivity contribution in [1.29, 1.82) is 0 Å². The Hall–Kier alpha value is -2.21. The molecule has 0 spiro atoms. The van der Waals surface area contributed by atoms with Gasteiger partial charge < -0.3 is 5.32 Å². The highest BCUT2D eigenvalue weighted by molar-refractivity contribution is 9.10. The molecule has 2 aromatic carbocycles. The average molecular weight is 389 g/mol. The predicted octanol–water partition coefficient (Wildman–Crippen LogP) is 5.32. The highest BCUT2D eigenvalue weighted by Crippen LogP contribution is 2.51. The van der Waals surface area contributed by atoms with Crippen molar-refractivity contribution < 1.29 is 9.31 Å². The minimum Gasteiger partial charge on any atom is -0.375 e. The van der Waals surface area contributed by atoms with Crippen molar-refractivity contribution in [3.05, 3.63) is 80.1 Å². The third-order valence-corrected chi connectivity index (χ3v) is 5.31. The van der Waals surface area contributed by atoms with E-state index in [1.807, 2.05) is 6.07 Å². The van der Waals surface area contributed by atoms with Crippen LogP contribution in [0.15, 0.2) is 53.0 Å². The van der Waals surface area contributed by atoms with E-state index in [-0.39, 0.29) is 29.4 Å². The van der Waals surface area contributed by atoms with Crippen LogP contribution in [0.4, 0.5) is 15.8 Å². The first-order valence-corrected chi connectivity index (χ1v) is 8.50. The zero-order valence-electron chi connectivity index (χ0n) is 12.6. The molecule has 0 bridgehead atoms. The van der Waals surface area contributed by atoms with Gasteiger partial charge in [-0.15, -0.1) is 0 Å². The van der Waals surface area contributed by atoms with Gasteiger partial charge in [-0.3, -0.25) is 10.1 Å². The van der Waals surface area contributed by atoms with Crippen molar-refractivity contribution in [3.8, 4) is 0 Å². The van der Waals surface area contributed by atoms with Gasteiger partial charge in [-0.05, 0) is 35.6 Å². The number of allylic oxidation sites excluding steroid dienone is 2. The van der Waals surface area contributed by atoms with Crippen LogP contribution in [0.25, 0.3) is 0 Å². The summed E-state index contributed by atoms with van der Waals surface area (Å²) in [5.74, 6) is 0.131. The van der Waals surface area contributed by atoms with Crippen molar-refractivity contribution in [2.45, 2.75) is 18.4 Å². The van der Waals surface area contributed by atoms with Gasteiger partial charge in [0.2, 0.25) is 0 Å². The number of benzene rings is 2. The fourth-order valence-electron chi connectivity index (χ4n) is 3.75. The molecule has 0 radical (unpaired) electrons. The molecule has 6 heteroatoms. The third-order valence-electron chi connectivity index (χ3n) is 4.85. The van der Waals surface area contributed by atoms with E-state index in [4.69, 9.17) is 0 Å². The first-order chi connectivity index (χ1) is 11.5. The molecule has 1 aliphatic carbocycles. The Balaban J connectivity index is 1.76. The van der Waals surface area contributed by atoms with Gasteiger partial charge in [-0.2, -0.15) is 0 Å². The van der Waals surface area contributed by atoms with Gasteiger partial charge in [0.15, 0.2) is 0 Å². The Morgan fingerprint density at radius 1 is 1.25 bits per heavy atom. The molecule has 3 atom stereocenters. The first-order valence-electron chi connectivity index (χ1n) is 7.71. The Kier molecular flexibility index (Phi) is 3.64. The standard InChI is InChI=1S/C18H14BrFN2O2/c19-11-8-15-13-2-1-3-14(13)17(21-18(15)16(20)9-11)10-4-6-12(7-5-10)22(23)24/h1-2,4-9,13-14,17,21H,3H2/t13-,14-,17-/m0/s1. The highest BCUT2D eigenvalue weighted by Gasteiger charge is 2.39. The summed E-state index contributed by atoms with van der Waals surface area (Å²) in [7, 11) is 0. The zero-order valence-corrected chi connectivity index (χ0v) is 14.2. The maximum atomic E-state index is 14.4. The number of hydrogen-bond acceptors (Lipinski definition) is 3. The summed E-state index contributed by atoms with van der Waals surface area (Å²) < 4.78 is 15.2. The van der Waals surface area contributed by atoms with Gasteiger partial charge in [0, 0.05) is 22.5 Å². The molecule has 24 heavy (non-hydrogen) atoms. The van der Waals surface area contributed by atoms with E-state index in [9.17, 15) is 14.5 Å². The van der Waals surface area contributed by atoms with Crippen LogP contribution in [-0.4, -0.2) is 4.92 Å². The zero-order chi connectivity index (χ0) is 16.8. The topological polar surface area (TPSA) is 55.2 Å². The lowest BCUT2D eigenvalue weighted by Gasteiger charge is -2.37. The largest absolute Gasteiger partial charge is 0.375 e. The smallest absolute Gasteiger partial charge is 0.269 e. The lowest BCUT2D eigenvalue weighted by Crippen LogP contribution is -2.29. The fraction of sp³-hybridized carbons (Fsp3) is 0.222. The van der Waals surface area contributed by atoms with E-state index in [1.165, 1.54) is 18.2 Å². The van der Waals surface area contributed by atoms with Crippen molar-refractivity contribution in [2.75, 3.05) is 5.32 Å². The number of fused-ring (bicyclic) bond motifs is 3. The van der Waals surface area contributed by atoms with E-state index in [1.54, 1.807) is 12.1 Å². The highest BCUT2D eigenvalue weighted by atomic mass is 79.9. The molecule has 2 aliphatic rings. The van der Waals surface area contributed by atoms with Crippen LogP contribution in [0, 0.1) is 21.8 Å². The summed E-state index contributed by atoms with van der Waals surface area (Å²) in [5.41, 5.74) is 2.48.